The minimum absolute atomic E-state index is 0.0494. The summed E-state index contributed by atoms with van der Waals surface area (Å²) >= 11 is 14.9. The van der Waals surface area contributed by atoms with E-state index in [0.29, 0.717) is 44.1 Å². The quantitative estimate of drug-likeness (QED) is 0.243. The first-order valence-corrected chi connectivity index (χ1v) is 11.4. The molecular weight excluding hydrogens is 450 g/mol. The summed E-state index contributed by atoms with van der Waals surface area (Å²) in [5.74, 6) is 0.115. The van der Waals surface area contributed by atoms with E-state index in [1.165, 1.54) is 35.2 Å². The maximum Gasteiger partial charge on any atom is 0.272 e. The lowest BCUT2D eigenvalue weighted by Gasteiger charge is -2.12. The summed E-state index contributed by atoms with van der Waals surface area (Å²) in [6.45, 7) is 0.501. The number of halogens is 3. The van der Waals surface area contributed by atoms with Crippen molar-refractivity contribution in [1.29, 1.82) is 0 Å². The monoisotopic (exact) mass is 464 g/mol. The van der Waals surface area contributed by atoms with Crippen molar-refractivity contribution in [1.82, 2.24) is 9.55 Å². The molecule has 4 aromatic rings. The van der Waals surface area contributed by atoms with E-state index in [1.54, 1.807) is 10.6 Å². The van der Waals surface area contributed by atoms with E-state index < -0.39 is 0 Å². The molecule has 0 bridgehead atoms. The Labute approximate surface area is 185 Å². The highest BCUT2D eigenvalue weighted by atomic mass is 35.5. The van der Waals surface area contributed by atoms with E-state index >= 15 is 0 Å². The number of aromatic nitrogens is 2. The minimum atomic E-state index is -0.374. The van der Waals surface area contributed by atoms with Gasteiger partial charge in [-0.2, -0.15) is 0 Å². The highest BCUT2D eigenvalue weighted by Gasteiger charge is 2.14. The van der Waals surface area contributed by atoms with Crippen molar-refractivity contribution < 1.29 is 4.39 Å². The van der Waals surface area contributed by atoms with Gasteiger partial charge in [0.25, 0.3) is 5.56 Å². The molecule has 0 unspecified atom stereocenters. The van der Waals surface area contributed by atoms with E-state index in [1.807, 2.05) is 35.7 Å². The number of thiophene rings is 1. The van der Waals surface area contributed by atoms with Gasteiger partial charge in [-0.25, -0.2) is 9.37 Å². The zero-order chi connectivity index (χ0) is 20.4. The fraction of sp³-hybridized carbons (Fsp3) is 0.143. The Morgan fingerprint density at radius 3 is 2.66 bits per heavy atom. The second-order valence-corrected chi connectivity index (χ2v) is 9.09. The van der Waals surface area contributed by atoms with Crippen LogP contribution in [0.25, 0.3) is 10.2 Å². The van der Waals surface area contributed by atoms with Crippen LogP contribution in [0.2, 0.25) is 10.0 Å². The SMILES string of the molecule is O=c1c2sccc2nc(SCc2ccc(F)cc2Cl)n1CCc1ccc(Cl)cc1. The molecule has 2 heterocycles. The molecule has 0 amide bonds. The fourth-order valence-corrected chi connectivity index (χ4v) is 5.15. The fourth-order valence-electron chi connectivity index (χ4n) is 2.90. The number of thioether (sulfide) groups is 1. The maximum absolute atomic E-state index is 13.3. The Bertz CT molecular complexity index is 1220. The predicted molar refractivity (Wildman–Crippen MR) is 120 cm³/mol. The third kappa shape index (κ3) is 4.67. The van der Waals surface area contributed by atoms with Crippen LogP contribution in [0.4, 0.5) is 4.39 Å². The van der Waals surface area contributed by atoms with Crippen molar-refractivity contribution in [2.75, 3.05) is 0 Å². The van der Waals surface area contributed by atoms with E-state index in [2.05, 4.69) is 4.98 Å². The summed E-state index contributed by atoms with van der Waals surface area (Å²) in [5.41, 5.74) is 2.52. The van der Waals surface area contributed by atoms with Crippen molar-refractivity contribution in [3.63, 3.8) is 0 Å². The Balaban J connectivity index is 1.63. The lowest BCUT2D eigenvalue weighted by molar-refractivity contribution is 0.596. The molecule has 0 radical (unpaired) electrons. The Morgan fingerprint density at radius 2 is 1.90 bits per heavy atom. The molecular formula is C21H15Cl2FN2OS2. The molecule has 0 spiro atoms. The normalized spacial score (nSPS) is 11.3. The highest BCUT2D eigenvalue weighted by molar-refractivity contribution is 7.98. The van der Waals surface area contributed by atoms with Gasteiger partial charge in [-0.1, -0.05) is 53.2 Å². The largest absolute Gasteiger partial charge is 0.286 e. The second kappa shape index (κ2) is 8.88. The van der Waals surface area contributed by atoms with Gasteiger partial charge in [-0.15, -0.1) is 11.3 Å². The second-order valence-electron chi connectivity index (χ2n) is 6.39. The first-order chi connectivity index (χ1) is 14.0. The third-order valence-corrected chi connectivity index (χ3v) is 6.96. The Morgan fingerprint density at radius 1 is 1.10 bits per heavy atom. The molecule has 0 aliphatic rings. The molecule has 8 heteroatoms. The summed E-state index contributed by atoms with van der Waals surface area (Å²) in [4.78, 5) is 17.7. The van der Waals surface area contributed by atoms with Gasteiger partial charge in [0.15, 0.2) is 5.16 Å². The summed E-state index contributed by atoms with van der Waals surface area (Å²) in [7, 11) is 0. The molecule has 0 saturated heterocycles. The molecule has 0 N–H and O–H groups in total. The Kier molecular flexibility index (Phi) is 6.25. The van der Waals surface area contributed by atoms with E-state index in [9.17, 15) is 9.18 Å². The van der Waals surface area contributed by atoms with Crippen LogP contribution in [0.1, 0.15) is 11.1 Å². The lowest BCUT2D eigenvalue weighted by Crippen LogP contribution is -2.23. The van der Waals surface area contributed by atoms with Crippen molar-refractivity contribution >= 4 is 56.5 Å². The molecule has 148 valence electrons. The average Bonchev–Trinajstić information content (AvgIpc) is 3.17. The number of fused-ring (bicyclic) bond motifs is 1. The van der Waals surface area contributed by atoms with Crippen molar-refractivity contribution in [2.24, 2.45) is 0 Å². The van der Waals surface area contributed by atoms with Crippen LogP contribution in [0.5, 0.6) is 0 Å². The number of hydrogen-bond donors (Lipinski definition) is 0. The van der Waals surface area contributed by atoms with Gasteiger partial charge in [-0.05, 0) is 53.3 Å². The minimum Gasteiger partial charge on any atom is -0.286 e. The standard InChI is InChI=1S/C21H15Cl2FN2OS2/c22-15-4-1-13(2-5-15)7-9-26-20(27)19-18(8-10-28-19)25-21(26)29-12-14-3-6-16(24)11-17(14)23/h1-6,8,10-11H,7,9,12H2. The number of aryl methyl sites for hydroxylation is 1. The zero-order valence-corrected chi connectivity index (χ0v) is 18.2. The number of nitrogens with zero attached hydrogens (tertiary/aromatic N) is 2. The van der Waals surface area contributed by atoms with Gasteiger partial charge in [0, 0.05) is 22.3 Å². The molecule has 0 atom stereocenters. The van der Waals surface area contributed by atoms with Crippen LogP contribution in [0, 0.1) is 5.82 Å². The molecule has 0 fully saturated rings. The predicted octanol–water partition coefficient (Wildman–Crippen LogP) is 6.44. The summed E-state index contributed by atoms with van der Waals surface area (Å²) in [5, 5.41) is 3.54. The maximum atomic E-state index is 13.3. The number of hydrogen-bond acceptors (Lipinski definition) is 4. The summed E-state index contributed by atoms with van der Waals surface area (Å²) in [6.07, 6.45) is 0.681. The molecule has 4 rings (SSSR count). The molecule has 0 aliphatic carbocycles. The smallest absolute Gasteiger partial charge is 0.272 e. The first-order valence-electron chi connectivity index (χ1n) is 8.80. The van der Waals surface area contributed by atoms with Crippen LogP contribution in [0.3, 0.4) is 0 Å². The van der Waals surface area contributed by atoms with Crippen molar-refractivity contribution in [3.8, 4) is 0 Å². The van der Waals surface area contributed by atoms with Crippen molar-refractivity contribution in [3.05, 3.63) is 91.3 Å². The highest BCUT2D eigenvalue weighted by Crippen LogP contribution is 2.27. The topological polar surface area (TPSA) is 34.9 Å². The van der Waals surface area contributed by atoms with Crippen LogP contribution in [-0.2, 0) is 18.7 Å². The van der Waals surface area contributed by atoms with Crippen LogP contribution in [-0.4, -0.2) is 9.55 Å². The molecule has 2 aromatic heterocycles. The van der Waals surface area contributed by atoms with Crippen molar-refractivity contribution in [2.45, 2.75) is 23.9 Å². The van der Waals surface area contributed by atoms with Gasteiger partial charge < -0.3 is 0 Å². The summed E-state index contributed by atoms with van der Waals surface area (Å²) < 4.78 is 15.6. The molecule has 0 aliphatic heterocycles. The van der Waals surface area contributed by atoms with E-state index in [-0.39, 0.29) is 11.4 Å². The average molecular weight is 465 g/mol. The Hall–Kier alpha value is -1.86. The van der Waals surface area contributed by atoms with Gasteiger partial charge in [0.1, 0.15) is 10.5 Å². The lowest BCUT2D eigenvalue weighted by atomic mass is 10.1. The zero-order valence-electron chi connectivity index (χ0n) is 15.1. The van der Waals surface area contributed by atoms with Gasteiger partial charge in [0.2, 0.25) is 0 Å². The first kappa shape index (κ1) is 20.4. The van der Waals surface area contributed by atoms with Gasteiger partial charge >= 0.3 is 0 Å². The van der Waals surface area contributed by atoms with Crippen LogP contribution >= 0.6 is 46.3 Å². The third-order valence-electron chi connectivity index (χ3n) is 4.44. The number of rotatable bonds is 6. The number of benzene rings is 2. The van der Waals surface area contributed by atoms with Crippen LogP contribution < -0.4 is 5.56 Å². The summed E-state index contributed by atoms with van der Waals surface area (Å²) in [6, 6.07) is 13.8. The molecule has 0 saturated carbocycles. The molecule has 3 nitrogen and oxygen atoms in total. The molecule has 29 heavy (non-hydrogen) atoms. The molecule has 2 aromatic carbocycles. The van der Waals surface area contributed by atoms with Gasteiger partial charge in [0.05, 0.1) is 5.52 Å². The van der Waals surface area contributed by atoms with Crippen LogP contribution in [0.15, 0.2) is 63.9 Å². The van der Waals surface area contributed by atoms with E-state index in [4.69, 9.17) is 23.2 Å². The van der Waals surface area contributed by atoms with Gasteiger partial charge in [-0.3, -0.25) is 9.36 Å². The van der Waals surface area contributed by atoms with E-state index in [0.717, 1.165) is 11.1 Å².